The maximum absolute atomic E-state index is 11.8. The van der Waals surface area contributed by atoms with Crippen LogP contribution in [-0.2, 0) is 0 Å². The van der Waals surface area contributed by atoms with Gasteiger partial charge in [-0.3, -0.25) is 4.79 Å². The minimum atomic E-state index is -0.345. The van der Waals surface area contributed by atoms with Gasteiger partial charge in [-0.25, -0.2) is 5.43 Å². The van der Waals surface area contributed by atoms with Crippen LogP contribution in [0.15, 0.2) is 41.5 Å². The first-order valence-corrected chi connectivity index (χ1v) is 8.28. The molecule has 0 radical (unpaired) electrons. The molecule has 7 heteroatoms. The van der Waals surface area contributed by atoms with Crippen molar-refractivity contribution >= 4 is 68.9 Å². The van der Waals surface area contributed by atoms with E-state index >= 15 is 0 Å². The Morgan fingerprint density at radius 2 is 1.90 bits per heavy atom. The van der Waals surface area contributed by atoms with E-state index in [1.54, 1.807) is 30.3 Å². The molecule has 21 heavy (non-hydrogen) atoms. The number of amides is 1. The highest BCUT2D eigenvalue weighted by atomic mass is 127. The molecule has 0 fully saturated rings. The molecule has 2 aromatic rings. The first-order valence-electron chi connectivity index (χ1n) is 5.74. The number of nitrogens with one attached hydrogen (secondary N) is 1. The normalized spacial score (nSPS) is 10.8. The van der Waals surface area contributed by atoms with Crippen molar-refractivity contribution in [1.82, 2.24) is 5.43 Å². The summed E-state index contributed by atoms with van der Waals surface area (Å²) in [5.41, 5.74) is 3.41. The number of aromatic hydroxyl groups is 1. The van der Waals surface area contributed by atoms with Crippen molar-refractivity contribution in [2.24, 2.45) is 5.10 Å². The van der Waals surface area contributed by atoms with Gasteiger partial charge in [0, 0.05) is 19.7 Å². The third kappa shape index (κ3) is 4.55. The second-order valence-corrected chi connectivity index (χ2v) is 6.88. The van der Waals surface area contributed by atoms with Crippen LogP contribution in [0.2, 0.25) is 5.02 Å². The SMILES string of the molecule is O=C(N/N=C\c1cc(I)cc(I)c1O)c1ccc(Cl)cc1. The molecule has 0 atom stereocenters. The van der Waals surface area contributed by atoms with E-state index in [1.165, 1.54) is 6.21 Å². The Morgan fingerprint density at radius 1 is 1.24 bits per heavy atom. The minimum Gasteiger partial charge on any atom is -0.506 e. The molecule has 0 aliphatic heterocycles. The topological polar surface area (TPSA) is 61.7 Å². The molecule has 0 bridgehead atoms. The standard InChI is InChI=1S/C14H9ClI2N2O2/c15-10-3-1-8(2-4-10)14(21)19-18-7-9-5-11(16)6-12(17)13(9)20/h1-7,20H,(H,19,21)/b18-7-. The zero-order valence-electron chi connectivity index (χ0n) is 10.5. The molecule has 0 aromatic heterocycles. The van der Waals surface area contributed by atoms with Crippen molar-refractivity contribution in [3.63, 3.8) is 0 Å². The maximum Gasteiger partial charge on any atom is 0.271 e. The van der Waals surface area contributed by atoms with E-state index < -0.39 is 0 Å². The van der Waals surface area contributed by atoms with E-state index in [2.05, 4.69) is 33.1 Å². The largest absolute Gasteiger partial charge is 0.506 e. The number of carbonyl (C=O) groups is 1. The van der Waals surface area contributed by atoms with E-state index in [9.17, 15) is 9.90 Å². The Hall–Kier alpha value is -0.870. The van der Waals surface area contributed by atoms with Crippen molar-refractivity contribution in [1.29, 1.82) is 0 Å². The zero-order chi connectivity index (χ0) is 15.4. The van der Waals surface area contributed by atoms with Gasteiger partial charge in [0.2, 0.25) is 0 Å². The molecule has 0 unspecified atom stereocenters. The van der Waals surface area contributed by atoms with E-state index in [1.807, 2.05) is 28.7 Å². The molecule has 0 spiro atoms. The minimum absolute atomic E-state index is 0.139. The fourth-order valence-corrected chi connectivity index (χ4v) is 3.53. The first-order chi connectivity index (χ1) is 9.97. The lowest BCUT2D eigenvalue weighted by molar-refractivity contribution is 0.0955. The van der Waals surface area contributed by atoms with Gasteiger partial charge in [-0.15, -0.1) is 0 Å². The molecular weight excluding hydrogens is 517 g/mol. The van der Waals surface area contributed by atoms with Gasteiger partial charge in [0.15, 0.2) is 0 Å². The second-order valence-electron chi connectivity index (χ2n) is 4.03. The number of benzene rings is 2. The Labute approximate surface area is 153 Å². The molecule has 1 amide bonds. The summed E-state index contributed by atoms with van der Waals surface area (Å²) in [6.45, 7) is 0. The van der Waals surface area contributed by atoms with Crippen LogP contribution in [-0.4, -0.2) is 17.2 Å². The molecule has 108 valence electrons. The summed E-state index contributed by atoms with van der Waals surface area (Å²) >= 11 is 9.94. The van der Waals surface area contributed by atoms with E-state index in [4.69, 9.17) is 11.6 Å². The third-order valence-corrected chi connectivity index (χ3v) is 4.23. The lowest BCUT2D eigenvalue weighted by Gasteiger charge is -2.03. The van der Waals surface area contributed by atoms with Gasteiger partial charge in [-0.05, 0) is 81.6 Å². The summed E-state index contributed by atoms with van der Waals surface area (Å²) in [5, 5.41) is 14.3. The van der Waals surface area contributed by atoms with Crippen LogP contribution < -0.4 is 5.43 Å². The number of hydrazone groups is 1. The number of hydrogen-bond acceptors (Lipinski definition) is 3. The molecule has 2 N–H and O–H groups in total. The number of hydrogen-bond donors (Lipinski definition) is 2. The predicted octanol–water partition coefficient (Wildman–Crippen LogP) is 4.02. The van der Waals surface area contributed by atoms with Crippen LogP contribution in [0.3, 0.4) is 0 Å². The Balaban J connectivity index is 2.09. The van der Waals surface area contributed by atoms with Gasteiger partial charge < -0.3 is 5.11 Å². The molecule has 0 saturated carbocycles. The quantitative estimate of drug-likeness (QED) is 0.361. The Kier molecular flexibility index (Phi) is 5.82. The molecule has 0 aliphatic rings. The van der Waals surface area contributed by atoms with Crippen molar-refractivity contribution in [3.8, 4) is 5.75 Å². The van der Waals surface area contributed by atoms with Crippen LogP contribution in [0.1, 0.15) is 15.9 Å². The summed E-state index contributed by atoms with van der Waals surface area (Å²) in [7, 11) is 0. The highest BCUT2D eigenvalue weighted by Crippen LogP contribution is 2.25. The molecule has 2 rings (SSSR count). The highest BCUT2D eigenvalue weighted by Gasteiger charge is 2.06. The van der Waals surface area contributed by atoms with Gasteiger partial charge in [0.25, 0.3) is 5.91 Å². The average Bonchev–Trinajstić information content (AvgIpc) is 2.44. The molecule has 0 aliphatic carbocycles. The average molecular weight is 526 g/mol. The number of phenolic OH excluding ortho intramolecular Hbond substituents is 1. The Morgan fingerprint density at radius 3 is 2.57 bits per heavy atom. The van der Waals surface area contributed by atoms with Crippen LogP contribution in [0.5, 0.6) is 5.75 Å². The highest BCUT2D eigenvalue weighted by molar-refractivity contribution is 14.1. The summed E-state index contributed by atoms with van der Waals surface area (Å²) < 4.78 is 1.70. The lowest BCUT2D eigenvalue weighted by atomic mass is 10.2. The third-order valence-electron chi connectivity index (χ3n) is 2.53. The molecule has 0 saturated heterocycles. The Bertz CT molecular complexity index is 703. The van der Waals surface area contributed by atoms with Gasteiger partial charge in [0.1, 0.15) is 5.75 Å². The predicted molar refractivity (Wildman–Crippen MR) is 100 cm³/mol. The van der Waals surface area contributed by atoms with Crippen molar-refractivity contribution in [2.75, 3.05) is 0 Å². The fraction of sp³-hybridized carbons (Fsp3) is 0. The number of rotatable bonds is 3. The lowest BCUT2D eigenvalue weighted by Crippen LogP contribution is -2.17. The second kappa shape index (κ2) is 7.41. The van der Waals surface area contributed by atoms with E-state index in [0.29, 0.717) is 16.1 Å². The first kappa shape index (κ1) is 16.5. The van der Waals surface area contributed by atoms with Gasteiger partial charge >= 0.3 is 0 Å². The van der Waals surface area contributed by atoms with Crippen LogP contribution in [0, 0.1) is 7.14 Å². The van der Waals surface area contributed by atoms with E-state index in [0.717, 1.165) is 7.14 Å². The number of halogens is 3. The van der Waals surface area contributed by atoms with Crippen molar-refractivity contribution in [2.45, 2.75) is 0 Å². The number of carbonyl (C=O) groups excluding carboxylic acids is 1. The molecular formula is C14H9ClI2N2O2. The van der Waals surface area contributed by atoms with Gasteiger partial charge in [-0.1, -0.05) is 11.6 Å². The fourth-order valence-electron chi connectivity index (χ4n) is 1.51. The van der Waals surface area contributed by atoms with Crippen LogP contribution >= 0.6 is 56.8 Å². The summed E-state index contributed by atoms with van der Waals surface area (Å²) in [6.07, 6.45) is 1.41. The van der Waals surface area contributed by atoms with Crippen LogP contribution in [0.25, 0.3) is 0 Å². The number of nitrogens with zero attached hydrogens (tertiary/aromatic N) is 1. The van der Waals surface area contributed by atoms with Crippen molar-refractivity contribution < 1.29 is 9.90 Å². The van der Waals surface area contributed by atoms with Gasteiger partial charge in [-0.2, -0.15) is 5.10 Å². The van der Waals surface area contributed by atoms with Crippen LogP contribution in [0.4, 0.5) is 0 Å². The zero-order valence-corrected chi connectivity index (χ0v) is 15.5. The summed E-state index contributed by atoms with van der Waals surface area (Å²) in [6, 6.07) is 10.1. The monoisotopic (exact) mass is 526 g/mol. The van der Waals surface area contributed by atoms with Gasteiger partial charge in [0.05, 0.1) is 9.78 Å². The van der Waals surface area contributed by atoms with E-state index in [-0.39, 0.29) is 11.7 Å². The summed E-state index contributed by atoms with van der Waals surface area (Å²) in [4.78, 5) is 11.8. The summed E-state index contributed by atoms with van der Waals surface area (Å²) in [5.74, 6) is -0.205. The molecule has 0 heterocycles. The molecule has 2 aromatic carbocycles. The number of phenols is 1. The maximum atomic E-state index is 11.8. The molecule has 4 nitrogen and oxygen atoms in total. The van der Waals surface area contributed by atoms with Crippen molar-refractivity contribution in [3.05, 3.63) is 59.7 Å². The smallest absolute Gasteiger partial charge is 0.271 e.